The van der Waals surface area contributed by atoms with Crippen LogP contribution in [0.4, 0.5) is 0 Å². The third-order valence-electron chi connectivity index (χ3n) is 2.52. The highest BCUT2D eigenvalue weighted by Crippen LogP contribution is 2.29. The van der Waals surface area contributed by atoms with Crippen molar-refractivity contribution in [3.8, 4) is 5.75 Å². The van der Waals surface area contributed by atoms with Crippen LogP contribution in [-0.4, -0.2) is 12.2 Å². The number of hydrogen-bond acceptors (Lipinski definition) is 2. The minimum Gasteiger partial charge on any atom is -0.496 e. The lowest BCUT2D eigenvalue weighted by molar-refractivity contribution is 0.0756. The number of unbranched alkanes of at least 4 members (excludes halogenated alkanes) is 1. The molecule has 0 aliphatic carbocycles. The number of methoxy groups -OCH3 is 1. The van der Waals surface area contributed by atoms with Gasteiger partial charge in [-0.3, -0.25) is 0 Å². The largest absolute Gasteiger partial charge is 0.496 e. The molecule has 0 saturated heterocycles. The van der Waals surface area contributed by atoms with Crippen molar-refractivity contribution >= 4 is 0 Å². The zero-order chi connectivity index (χ0) is 13.5. The molecule has 2 nitrogen and oxygen atoms in total. The average Bonchev–Trinajstić information content (AvgIpc) is 2.27. The highest BCUT2D eigenvalue weighted by Gasteiger charge is 2.20. The summed E-state index contributed by atoms with van der Waals surface area (Å²) in [6.45, 7) is 9.86. The summed E-state index contributed by atoms with van der Waals surface area (Å²) in [6, 6.07) is 5.79. The summed E-state index contributed by atoms with van der Waals surface area (Å²) >= 11 is 0. The van der Waals surface area contributed by atoms with Crippen LogP contribution < -0.4 is 4.74 Å². The van der Waals surface area contributed by atoms with E-state index in [1.807, 2.05) is 25.1 Å². The summed E-state index contributed by atoms with van der Waals surface area (Å²) < 4.78 is 5.19. The number of hydrogen-bond donors (Lipinski definition) is 1. The molecule has 0 atom stereocenters. The molecule has 2 heteroatoms. The van der Waals surface area contributed by atoms with Crippen LogP contribution in [0.2, 0.25) is 0 Å². The van der Waals surface area contributed by atoms with Gasteiger partial charge in [0.2, 0.25) is 0 Å². The minimum atomic E-state index is -0.848. The number of aliphatic hydroxyl groups is 1. The van der Waals surface area contributed by atoms with Crippen LogP contribution in [0.3, 0.4) is 0 Å². The van der Waals surface area contributed by atoms with E-state index in [-0.39, 0.29) is 0 Å². The molecule has 0 spiro atoms. The van der Waals surface area contributed by atoms with Crippen molar-refractivity contribution in [3.05, 3.63) is 29.3 Å². The van der Waals surface area contributed by atoms with Crippen LogP contribution in [0.1, 0.15) is 51.7 Å². The minimum absolute atomic E-state index is 0.743. The number of ether oxygens (including phenoxy) is 1. The number of benzene rings is 1. The van der Waals surface area contributed by atoms with Gasteiger partial charge in [-0.25, -0.2) is 0 Å². The van der Waals surface area contributed by atoms with E-state index in [0.29, 0.717) is 0 Å². The maximum atomic E-state index is 9.81. The summed E-state index contributed by atoms with van der Waals surface area (Å²) in [7, 11) is 1.62. The Hall–Kier alpha value is -1.02. The molecule has 0 heterocycles. The molecule has 17 heavy (non-hydrogen) atoms. The molecule has 1 aromatic rings. The van der Waals surface area contributed by atoms with Crippen LogP contribution in [0.5, 0.6) is 5.75 Å². The Morgan fingerprint density at radius 2 is 1.71 bits per heavy atom. The number of rotatable bonds is 3. The Morgan fingerprint density at radius 1 is 1.18 bits per heavy atom. The van der Waals surface area contributed by atoms with Gasteiger partial charge in [0.15, 0.2) is 0 Å². The zero-order valence-corrected chi connectivity index (χ0v) is 12.0. The molecule has 0 saturated carbocycles. The summed E-state index contributed by atoms with van der Waals surface area (Å²) in [5, 5.41) is 9.81. The van der Waals surface area contributed by atoms with Gasteiger partial charge in [-0.15, -0.1) is 0 Å². The summed E-state index contributed by atoms with van der Waals surface area (Å²) in [5.74, 6) is 0.743. The Kier molecular flexibility index (Phi) is 6.89. The highest BCUT2D eigenvalue weighted by molar-refractivity contribution is 5.40. The Bertz CT molecular complexity index is 322. The molecule has 1 N–H and O–H groups in total. The summed E-state index contributed by atoms with van der Waals surface area (Å²) in [4.78, 5) is 0. The van der Waals surface area contributed by atoms with E-state index in [0.717, 1.165) is 16.9 Å². The van der Waals surface area contributed by atoms with Crippen molar-refractivity contribution in [2.75, 3.05) is 7.11 Å². The SMILES string of the molecule is CCCC.COc1cc(C)ccc1C(C)(C)O. The monoisotopic (exact) mass is 238 g/mol. The van der Waals surface area contributed by atoms with Crippen molar-refractivity contribution in [3.63, 3.8) is 0 Å². The lowest BCUT2D eigenvalue weighted by Gasteiger charge is -2.20. The second-order valence-corrected chi connectivity index (χ2v) is 4.76. The van der Waals surface area contributed by atoms with Crippen molar-refractivity contribution in [1.29, 1.82) is 0 Å². The van der Waals surface area contributed by atoms with Crippen LogP contribution in [0.15, 0.2) is 18.2 Å². The van der Waals surface area contributed by atoms with Gasteiger partial charge in [0, 0.05) is 5.56 Å². The van der Waals surface area contributed by atoms with Crippen molar-refractivity contribution in [1.82, 2.24) is 0 Å². The van der Waals surface area contributed by atoms with Crippen molar-refractivity contribution in [2.24, 2.45) is 0 Å². The lowest BCUT2D eigenvalue weighted by atomic mass is 9.96. The molecule has 0 aromatic heterocycles. The van der Waals surface area contributed by atoms with E-state index in [1.165, 1.54) is 12.8 Å². The fourth-order valence-corrected chi connectivity index (χ4v) is 1.30. The van der Waals surface area contributed by atoms with E-state index >= 15 is 0 Å². The maximum absolute atomic E-state index is 9.81. The number of aryl methyl sites for hydroxylation is 1. The molecule has 0 aliphatic heterocycles. The first-order valence-electron chi connectivity index (χ1n) is 6.24. The van der Waals surface area contributed by atoms with Gasteiger partial charge in [-0.05, 0) is 32.4 Å². The normalized spacial score (nSPS) is 10.5. The second-order valence-electron chi connectivity index (χ2n) is 4.76. The standard InChI is InChI=1S/C11H16O2.C4H10/c1-8-5-6-9(11(2,3)12)10(7-8)13-4;1-3-4-2/h5-7,12H,1-4H3;3-4H2,1-2H3. The Labute approximate surface area is 106 Å². The molecule has 0 fully saturated rings. The molecule has 1 aromatic carbocycles. The highest BCUT2D eigenvalue weighted by atomic mass is 16.5. The van der Waals surface area contributed by atoms with Crippen molar-refractivity contribution < 1.29 is 9.84 Å². The van der Waals surface area contributed by atoms with Gasteiger partial charge < -0.3 is 9.84 Å². The zero-order valence-electron chi connectivity index (χ0n) is 12.0. The first-order valence-corrected chi connectivity index (χ1v) is 6.24. The first kappa shape index (κ1) is 16.0. The summed E-state index contributed by atoms with van der Waals surface area (Å²) in [5.41, 5.74) is 1.10. The average molecular weight is 238 g/mol. The quantitative estimate of drug-likeness (QED) is 0.861. The molecule has 0 bridgehead atoms. The molecule has 0 amide bonds. The fourth-order valence-electron chi connectivity index (χ4n) is 1.30. The molecular weight excluding hydrogens is 212 g/mol. The van der Waals surface area contributed by atoms with E-state index < -0.39 is 5.60 Å². The molecule has 0 radical (unpaired) electrons. The third-order valence-corrected chi connectivity index (χ3v) is 2.52. The van der Waals surface area contributed by atoms with Gasteiger partial charge in [-0.2, -0.15) is 0 Å². The van der Waals surface area contributed by atoms with Gasteiger partial charge in [-0.1, -0.05) is 38.8 Å². The third kappa shape index (κ3) is 5.73. The molecule has 98 valence electrons. The first-order chi connectivity index (χ1) is 7.86. The van der Waals surface area contributed by atoms with Gasteiger partial charge in [0.1, 0.15) is 5.75 Å². The summed E-state index contributed by atoms with van der Waals surface area (Å²) in [6.07, 6.45) is 2.64. The van der Waals surface area contributed by atoms with Gasteiger partial charge >= 0.3 is 0 Å². The predicted molar refractivity (Wildman–Crippen MR) is 73.6 cm³/mol. The smallest absolute Gasteiger partial charge is 0.125 e. The molecule has 0 unspecified atom stereocenters. The van der Waals surface area contributed by atoms with Crippen LogP contribution in [-0.2, 0) is 5.60 Å². The lowest BCUT2D eigenvalue weighted by Crippen LogP contribution is -2.16. The maximum Gasteiger partial charge on any atom is 0.125 e. The van der Waals surface area contributed by atoms with Crippen LogP contribution in [0.25, 0.3) is 0 Å². The van der Waals surface area contributed by atoms with Gasteiger partial charge in [0.25, 0.3) is 0 Å². The van der Waals surface area contributed by atoms with E-state index in [2.05, 4.69) is 13.8 Å². The Morgan fingerprint density at radius 3 is 2.06 bits per heavy atom. The van der Waals surface area contributed by atoms with Gasteiger partial charge in [0.05, 0.1) is 12.7 Å². The van der Waals surface area contributed by atoms with Crippen LogP contribution >= 0.6 is 0 Å². The molecule has 1 rings (SSSR count). The molecular formula is C15H26O2. The van der Waals surface area contributed by atoms with E-state index in [9.17, 15) is 5.11 Å². The molecule has 0 aliphatic rings. The topological polar surface area (TPSA) is 29.5 Å². The Balaban J connectivity index is 0.000000557. The second kappa shape index (κ2) is 7.33. The fraction of sp³-hybridized carbons (Fsp3) is 0.600. The van der Waals surface area contributed by atoms with Crippen LogP contribution in [0, 0.1) is 6.92 Å². The van der Waals surface area contributed by atoms with E-state index in [1.54, 1.807) is 21.0 Å². The van der Waals surface area contributed by atoms with Crippen molar-refractivity contribution in [2.45, 2.75) is 53.1 Å². The van der Waals surface area contributed by atoms with E-state index in [4.69, 9.17) is 4.74 Å². The predicted octanol–water partition coefficient (Wildman–Crippen LogP) is 4.04.